The van der Waals surface area contributed by atoms with Gasteiger partial charge < -0.3 is 5.32 Å². The molecular weight excluding hydrogens is 250 g/mol. The molecule has 1 aliphatic rings. The van der Waals surface area contributed by atoms with Crippen molar-refractivity contribution < 1.29 is 8.42 Å². The molecule has 0 amide bonds. The molecule has 0 atom stereocenters. The number of anilines is 2. The topological polar surface area (TPSA) is 62.3 Å². The quantitative estimate of drug-likeness (QED) is 0.886. The van der Waals surface area contributed by atoms with E-state index in [4.69, 9.17) is 0 Å². The molecule has 0 unspecified atom stereocenters. The van der Waals surface area contributed by atoms with Crippen molar-refractivity contribution in [3.8, 4) is 0 Å². The van der Waals surface area contributed by atoms with E-state index in [1.165, 1.54) is 17.1 Å². The minimum atomic E-state index is -3.28. The van der Waals surface area contributed by atoms with E-state index < -0.39 is 15.3 Å². The molecular formula is C12H19N3O2S. The fourth-order valence-corrected chi connectivity index (χ4v) is 2.59. The number of rotatable bonds is 5. The molecule has 1 saturated carbocycles. The first-order chi connectivity index (χ1) is 8.41. The zero-order valence-corrected chi connectivity index (χ0v) is 11.7. The summed E-state index contributed by atoms with van der Waals surface area (Å²) in [6.07, 6.45) is 3.96. The Labute approximate surface area is 108 Å². The van der Waals surface area contributed by atoms with Crippen LogP contribution in [-0.4, -0.2) is 31.7 Å². The number of nitrogens with zero attached hydrogens (tertiary/aromatic N) is 2. The van der Waals surface area contributed by atoms with Crippen LogP contribution < -0.4 is 9.62 Å². The van der Waals surface area contributed by atoms with Gasteiger partial charge in [0.1, 0.15) is 5.82 Å². The number of aromatic nitrogens is 1. The van der Waals surface area contributed by atoms with Crippen LogP contribution in [-0.2, 0) is 10.0 Å². The highest BCUT2D eigenvalue weighted by molar-refractivity contribution is 7.93. The van der Waals surface area contributed by atoms with Crippen molar-refractivity contribution >= 4 is 21.5 Å². The second-order valence-corrected chi connectivity index (χ2v) is 7.40. The Balaban J connectivity index is 2.13. The number of nitrogens with one attached hydrogen (secondary N) is 1. The SMILES string of the molecule is CC(C)S(=O)(=O)N(C)c1ccc(NC2CC2)nc1. The number of hydrogen-bond acceptors (Lipinski definition) is 4. The summed E-state index contributed by atoms with van der Waals surface area (Å²) in [5.41, 5.74) is 0.588. The Hall–Kier alpha value is -1.30. The molecule has 1 fully saturated rings. The predicted octanol–water partition coefficient (Wildman–Crippen LogP) is 1.83. The molecule has 1 aromatic rings. The van der Waals surface area contributed by atoms with Crippen LogP contribution in [0, 0.1) is 0 Å². The third-order valence-corrected chi connectivity index (χ3v) is 5.18. The van der Waals surface area contributed by atoms with Crippen molar-refractivity contribution in [1.29, 1.82) is 0 Å². The molecule has 1 heterocycles. The van der Waals surface area contributed by atoms with Crippen molar-refractivity contribution in [2.24, 2.45) is 0 Å². The highest BCUT2D eigenvalue weighted by Crippen LogP contribution is 2.25. The first-order valence-electron chi connectivity index (χ1n) is 6.11. The Kier molecular flexibility index (Phi) is 3.47. The number of pyridine rings is 1. The van der Waals surface area contributed by atoms with E-state index >= 15 is 0 Å². The summed E-state index contributed by atoms with van der Waals surface area (Å²) < 4.78 is 25.3. The highest BCUT2D eigenvalue weighted by atomic mass is 32.2. The number of sulfonamides is 1. The van der Waals surface area contributed by atoms with Gasteiger partial charge in [0.15, 0.2) is 0 Å². The molecule has 6 heteroatoms. The summed E-state index contributed by atoms with van der Waals surface area (Å²) in [7, 11) is -1.72. The minimum absolute atomic E-state index is 0.438. The maximum absolute atomic E-state index is 12.0. The maximum atomic E-state index is 12.0. The second kappa shape index (κ2) is 4.76. The summed E-state index contributed by atoms with van der Waals surface area (Å²) in [5, 5.41) is 2.83. The Morgan fingerprint density at radius 3 is 2.50 bits per heavy atom. The standard InChI is InChI=1S/C12H19N3O2S/c1-9(2)18(16,17)15(3)11-6-7-12(13-8-11)14-10-4-5-10/h6-10H,4-5H2,1-3H3,(H,13,14). The van der Waals surface area contributed by atoms with E-state index in [0.29, 0.717) is 11.7 Å². The molecule has 0 aliphatic heterocycles. The molecule has 2 rings (SSSR count). The van der Waals surface area contributed by atoms with E-state index in [-0.39, 0.29) is 0 Å². The lowest BCUT2D eigenvalue weighted by Crippen LogP contribution is -2.33. The van der Waals surface area contributed by atoms with E-state index in [1.807, 2.05) is 6.07 Å². The van der Waals surface area contributed by atoms with Crippen molar-refractivity contribution in [2.45, 2.75) is 38.0 Å². The third-order valence-electron chi connectivity index (χ3n) is 3.02. The van der Waals surface area contributed by atoms with E-state index in [9.17, 15) is 8.42 Å². The van der Waals surface area contributed by atoms with Crippen molar-refractivity contribution in [3.63, 3.8) is 0 Å². The molecule has 1 N–H and O–H groups in total. The zero-order valence-electron chi connectivity index (χ0n) is 10.9. The Morgan fingerprint density at radius 2 is 2.06 bits per heavy atom. The lowest BCUT2D eigenvalue weighted by molar-refractivity contribution is 0.585. The molecule has 1 aromatic heterocycles. The summed E-state index contributed by atoms with van der Waals surface area (Å²) in [6, 6.07) is 4.14. The summed E-state index contributed by atoms with van der Waals surface area (Å²) in [6.45, 7) is 3.34. The zero-order chi connectivity index (χ0) is 13.3. The molecule has 1 aliphatic carbocycles. The lowest BCUT2D eigenvalue weighted by Gasteiger charge is -2.21. The van der Waals surface area contributed by atoms with Gasteiger partial charge in [-0.1, -0.05) is 0 Å². The molecule has 18 heavy (non-hydrogen) atoms. The second-order valence-electron chi connectivity index (χ2n) is 4.88. The van der Waals surface area contributed by atoms with Crippen molar-refractivity contribution in [2.75, 3.05) is 16.7 Å². The highest BCUT2D eigenvalue weighted by Gasteiger charge is 2.23. The van der Waals surface area contributed by atoms with Gasteiger partial charge in [-0.3, -0.25) is 4.31 Å². The minimum Gasteiger partial charge on any atom is -0.367 e. The monoisotopic (exact) mass is 269 g/mol. The van der Waals surface area contributed by atoms with Gasteiger partial charge in [0.2, 0.25) is 10.0 Å². The lowest BCUT2D eigenvalue weighted by atomic mass is 10.4. The van der Waals surface area contributed by atoms with Gasteiger partial charge in [0, 0.05) is 13.1 Å². The van der Waals surface area contributed by atoms with Gasteiger partial charge >= 0.3 is 0 Å². The summed E-state index contributed by atoms with van der Waals surface area (Å²) in [4.78, 5) is 4.24. The summed E-state index contributed by atoms with van der Waals surface area (Å²) >= 11 is 0. The molecule has 0 aromatic carbocycles. The van der Waals surface area contributed by atoms with Crippen LogP contribution in [0.4, 0.5) is 11.5 Å². The van der Waals surface area contributed by atoms with E-state index in [0.717, 1.165) is 5.82 Å². The van der Waals surface area contributed by atoms with Crippen LogP contribution in [0.2, 0.25) is 0 Å². The fraction of sp³-hybridized carbons (Fsp3) is 0.583. The fourth-order valence-electron chi connectivity index (χ4n) is 1.56. The van der Waals surface area contributed by atoms with Crippen LogP contribution >= 0.6 is 0 Å². The molecule has 0 spiro atoms. The van der Waals surface area contributed by atoms with Gasteiger partial charge in [-0.25, -0.2) is 13.4 Å². The van der Waals surface area contributed by atoms with Crippen LogP contribution in [0.1, 0.15) is 26.7 Å². The molecule has 0 bridgehead atoms. The smallest absolute Gasteiger partial charge is 0.237 e. The van der Waals surface area contributed by atoms with Gasteiger partial charge in [-0.15, -0.1) is 0 Å². The predicted molar refractivity (Wildman–Crippen MR) is 73.3 cm³/mol. The Morgan fingerprint density at radius 1 is 1.39 bits per heavy atom. The van der Waals surface area contributed by atoms with Crippen LogP contribution in [0.5, 0.6) is 0 Å². The third kappa shape index (κ3) is 2.75. The first-order valence-corrected chi connectivity index (χ1v) is 7.62. The van der Waals surface area contributed by atoms with Crippen LogP contribution in [0.25, 0.3) is 0 Å². The van der Waals surface area contributed by atoms with Crippen LogP contribution in [0.15, 0.2) is 18.3 Å². The largest absolute Gasteiger partial charge is 0.367 e. The van der Waals surface area contributed by atoms with Gasteiger partial charge in [0.25, 0.3) is 0 Å². The molecule has 100 valence electrons. The van der Waals surface area contributed by atoms with Gasteiger partial charge in [-0.2, -0.15) is 0 Å². The average molecular weight is 269 g/mol. The Bertz CT molecular complexity index is 507. The first kappa shape index (κ1) is 13.1. The molecule has 0 radical (unpaired) electrons. The molecule has 5 nitrogen and oxygen atoms in total. The summed E-state index contributed by atoms with van der Waals surface area (Å²) in [5.74, 6) is 0.802. The van der Waals surface area contributed by atoms with Gasteiger partial charge in [-0.05, 0) is 38.8 Å². The van der Waals surface area contributed by atoms with Crippen molar-refractivity contribution in [3.05, 3.63) is 18.3 Å². The normalized spacial score (nSPS) is 15.8. The van der Waals surface area contributed by atoms with Crippen molar-refractivity contribution in [1.82, 2.24) is 4.98 Å². The van der Waals surface area contributed by atoms with E-state index in [2.05, 4.69) is 10.3 Å². The average Bonchev–Trinajstić information content (AvgIpc) is 3.13. The maximum Gasteiger partial charge on any atom is 0.237 e. The molecule has 0 saturated heterocycles. The van der Waals surface area contributed by atoms with Gasteiger partial charge in [0.05, 0.1) is 17.1 Å². The van der Waals surface area contributed by atoms with Crippen LogP contribution in [0.3, 0.4) is 0 Å². The van der Waals surface area contributed by atoms with E-state index in [1.54, 1.807) is 33.2 Å². The number of hydrogen-bond donors (Lipinski definition) is 1.